The summed E-state index contributed by atoms with van der Waals surface area (Å²) in [5, 5.41) is 26.7. The second kappa shape index (κ2) is 9.57. The molecule has 0 aliphatic rings. The lowest BCUT2D eigenvalue weighted by Gasteiger charge is -2.27. The second-order valence-electron chi connectivity index (χ2n) is 10.0. The van der Waals surface area contributed by atoms with E-state index in [-0.39, 0.29) is 29.6 Å². The molecule has 0 radical (unpaired) electrons. The number of nitrogens with zero attached hydrogens (tertiary/aromatic N) is 7. The van der Waals surface area contributed by atoms with Gasteiger partial charge >= 0.3 is 11.9 Å². The molecule has 0 spiro atoms. The lowest BCUT2D eigenvalue weighted by atomic mass is 10.1. The molecule has 0 saturated heterocycles. The predicted molar refractivity (Wildman–Crippen MR) is 145 cm³/mol. The fourth-order valence-corrected chi connectivity index (χ4v) is 4.42. The number of aryl methyl sites for hydroxylation is 1. The first-order valence-corrected chi connectivity index (χ1v) is 12.2. The molecule has 0 aliphatic heterocycles. The van der Waals surface area contributed by atoms with Crippen LogP contribution in [0.1, 0.15) is 37.6 Å². The Bertz CT molecular complexity index is 1780. The molecule has 39 heavy (non-hydrogen) atoms. The number of aromatic nitrogens is 4. The number of anilines is 1. The number of benzene rings is 2. The third kappa shape index (κ3) is 4.75. The minimum absolute atomic E-state index is 0.0982. The summed E-state index contributed by atoms with van der Waals surface area (Å²) in [7, 11) is 0. The zero-order chi connectivity index (χ0) is 27.9. The smallest absolute Gasteiger partial charge is 0.416 e. The molecule has 5 aromatic rings. The van der Waals surface area contributed by atoms with Crippen LogP contribution in [0, 0.1) is 28.4 Å². The van der Waals surface area contributed by atoms with Crippen molar-refractivity contribution in [3.05, 3.63) is 93.7 Å². The molecule has 196 valence electrons. The van der Waals surface area contributed by atoms with Gasteiger partial charge in [-0.3, -0.25) is 9.47 Å². The van der Waals surface area contributed by atoms with Gasteiger partial charge in [0.1, 0.15) is 5.60 Å². The summed E-state index contributed by atoms with van der Waals surface area (Å²) in [6.45, 7) is 7.21. The largest absolute Gasteiger partial charge is 0.443 e. The second-order valence-corrected chi connectivity index (χ2v) is 10.0. The predicted octanol–water partition coefficient (Wildman–Crippen LogP) is 5.70. The zero-order valence-corrected chi connectivity index (χ0v) is 21.8. The zero-order valence-electron chi connectivity index (χ0n) is 21.8. The van der Waals surface area contributed by atoms with Crippen LogP contribution in [0.2, 0.25) is 0 Å². The number of ether oxygens (including phenoxy) is 1. The van der Waals surface area contributed by atoms with E-state index in [0.717, 1.165) is 5.56 Å². The van der Waals surface area contributed by atoms with E-state index < -0.39 is 16.6 Å². The average molecular weight is 524 g/mol. The maximum atomic E-state index is 13.6. The summed E-state index contributed by atoms with van der Waals surface area (Å²) in [5.41, 5.74) is 2.11. The Balaban J connectivity index is 1.79. The van der Waals surface area contributed by atoms with E-state index >= 15 is 0 Å². The molecule has 0 saturated carbocycles. The maximum absolute atomic E-state index is 13.6. The number of hydrogen-bond donors (Lipinski definition) is 0. The van der Waals surface area contributed by atoms with Gasteiger partial charge < -0.3 is 14.9 Å². The molecular formula is C28H25N7O4. The van der Waals surface area contributed by atoms with Crippen LogP contribution >= 0.6 is 0 Å². The number of carbonyl (C=O) groups is 1. The van der Waals surface area contributed by atoms with Crippen molar-refractivity contribution in [2.24, 2.45) is 0 Å². The van der Waals surface area contributed by atoms with Gasteiger partial charge in [-0.05, 0) is 67.5 Å². The molecule has 0 N–H and O–H groups in total. The van der Waals surface area contributed by atoms with Crippen LogP contribution in [0.4, 0.5) is 16.4 Å². The molecule has 1 amide bonds. The molecule has 0 unspecified atom stereocenters. The molecule has 5 rings (SSSR count). The number of amides is 1. The number of nitro groups is 1. The fourth-order valence-electron chi connectivity index (χ4n) is 4.42. The van der Waals surface area contributed by atoms with Crippen molar-refractivity contribution < 1.29 is 14.5 Å². The molecule has 0 atom stereocenters. The van der Waals surface area contributed by atoms with Gasteiger partial charge in [0, 0.05) is 17.1 Å². The van der Waals surface area contributed by atoms with Gasteiger partial charge in [-0.2, -0.15) is 10.2 Å². The van der Waals surface area contributed by atoms with Gasteiger partial charge in [-0.1, -0.05) is 40.9 Å². The Morgan fingerprint density at radius 3 is 2.51 bits per heavy atom. The van der Waals surface area contributed by atoms with E-state index in [1.807, 2.05) is 49.4 Å². The molecule has 3 heterocycles. The Morgan fingerprint density at radius 1 is 1.10 bits per heavy atom. The quantitative estimate of drug-likeness (QED) is 0.213. The van der Waals surface area contributed by atoms with Crippen LogP contribution < -0.4 is 4.90 Å². The van der Waals surface area contributed by atoms with Gasteiger partial charge in [-0.25, -0.2) is 4.79 Å². The average Bonchev–Trinajstić information content (AvgIpc) is 3.46. The normalized spacial score (nSPS) is 11.5. The number of hydrogen-bond acceptors (Lipinski definition) is 7. The molecule has 0 bridgehead atoms. The standard InChI is InChI=1S/C28H25N7O4/c1-18-15-21-20(16-29)11-8-12-22(21)33(18)26-30-25(23-13-14-24(35(37)38)34(23)31-26)32(27(36)39-28(2,3)4)17-19-9-6-5-7-10-19/h5-15H,17H2,1-4H3. The summed E-state index contributed by atoms with van der Waals surface area (Å²) >= 11 is 0. The molecular weight excluding hydrogens is 498 g/mol. The summed E-state index contributed by atoms with van der Waals surface area (Å²) in [5.74, 6) is -0.0459. The monoisotopic (exact) mass is 523 g/mol. The summed E-state index contributed by atoms with van der Waals surface area (Å²) in [6.07, 6.45) is -0.664. The third-order valence-electron chi connectivity index (χ3n) is 6.05. The summed E-state index contributed by atoms with van der Waals surface area (Å²) in [4.78, 5) is 31.1. The van der Waals surface area contributed by atoms with E-state index in [1.54, 1.807) is 37.5 Å². The first-order chi connectivity index (χ1) is 18.6. The van der Waals surface area contributed by atoms with Crippen molar-refractivity contribution in [2.45, 2.75) is 39.8 Å². The van der Waals surface area contributed by atoms with Gasteiger partial charge in [0.15, 0.2) is 11.3 Å². The minimum atomic E-state index is -0.799. The van der Waals surface area contributed by atoms with E-state index in [4.69, 9.17) is 9.72 Å². The first kappa shape index (κ1) is 25.4. The molecule has 2 aromatic carbocycles. The Labute approximate surface area is 223 Å². The van der Waals surface area contributed by atoms with Gasteiger partial charge in [0.05, 0.1) is 23.7 Å². The topological polar surface area (TPSA) is 132 Å². The van der Waals surface area contributed by atoms with Crippen molar-refractivity contribution in [3.63, 3.8) is 0 Å². The first-order valence-electron chi connectivity index (χ1n) is 12.2. The van der Waals surface area contributed by atoms with E-state index in [9.17, 15) is 20.2 Å². The number of carbonyl (C=O) groups excluding carboxylic acids is 1. The van der Waals surface area contributed by atoms with Crippen LogP contribution in [0.15, 0.2) is 66.7 Å². The number of fused-ring (bicyclic) bond motifs is 2. The van der Waals surface area contributed by atoms with Gasteiger partial charge in [-0.15, -0.1) is 0 Å². The molecule has 0 fully saturated rings. The summed E-state index contributed by atoms with van der Waals surface area (Å²) < 4.78 is 8.60. The lowest BCUT2D eigenvalue weighted by molar-refractivity contribution is -0.390. The molecule has 11 heteroatoms. The van der Waals surface area contributed by atoms with Crippen molar-refractivity contribution in [1.82, 2.24) is 19.2 Å². The molecule has 11 nitrogen and oxygen atoms in total. The van der Waals surface area contributed by atoms with Crippen molar-refractivity contribution in [3.8, 4) is 12.0 Å². The Hall–Kier alpha value is -5.24. The SMILES string of the molecule is Cc1cc2c(C#N)cccc2n1-c1nc(N(Cc2ccccc2)C(=O)OC(C)(C)C)c2ccc([N+](=O)[O-])n2n1. The molecule has 3 aromatic heterocycles. The maximum Gasteiger partial charge on any atom is 0.416 e. The fraction of sp³-hybridized carbons (Fsp3) is 0.214. The van der Waals surface area contributed by atoms with E-state index in [0.29, 0.717) is 22.2 Å². The van der Waals surface area contributed by atoms with Gasteiger partial charge in [0.2, 0.25) is 0 Å². The Morgan fingerprint density at radius 2 is 1.85 bits per heavy atom. The molecule has 0 aliphatic carbocycles. The lowest BCUT2D eigenvalue weighted by Crippen LogP contribution is -2.37. The highest BCUT2D eigenvalue weighted by molar-refractivity contribution is 5.92. The van der Waals surface area contributed by atoms with Crippen LogP contribution in [-0.2, 0) is 11.3 Å². The van der Waals surface area contributed by atoms with Crippen LogP contribution in [0.5, 0.6) is 0 Å². The highest BCUT2D eigenvalue weighted by Gasteiger charge is 2.31. The minimum Gasteiger partial charge on any atom is -0.443 e. The Kier molecular flexibility index (Phi) is 6.24. The van der Waals surface area contributed by atoms with Crippen LogP contribution in [0.25, 0.3) is 22.4 Å². The van der Waals surface area contributed by atoms with Gasteiger partial charge in [0.25, 0.3) is 5.95 Å². The van der Waals surface area contributed by atoms with E-state index in [2.05, 4.69) is 11.2 Å². The third-order valence-corrected chi connectivity index (χ3v) is 6.05. The highest BCUT2D eigenvalue weighted by atomic mass is 16.6. The number of nitriles is 1. The van der Waals surface area contributed by atoms with Crippen molar-refractivity contribution >= 4 is 34.1 Å². The highest BCUT2D eigenvalue weighted by Crippen LogP contribution is 2.31. The summed E-state index contributed by atoms with van der Waals surface area (Å²) in [6, 6.07) is 21.4. The van der Waals surface area contributed by atoms with Crippen LogP contribution in [0.3, 0.4) is 0 Å². The van der Waals surface area contributed by atoms with E-state index in [1.165, 1.54) is 21.5 Å². The van der Waals surface area contributed by atoms with Crippen LogP contribution in [-0.4, -0.2) is 35.8 Å². The van der Waals surface area contributed by atoms with Crippen molar-refractivity contribution in [1.29, 1.82) is 5.26 Å². The van der Waals surface area contributed by atoms with Crippen molar-refractivity contribution in [2.75, 3.05) is 4.90 Å². The number of rotatable bonds is 5.